The van der Waals surface area contributed by atoms with Crippen LogP contribution in [0.3, 0.4) is 0 Å². The first kappa shape index (κ1) is 15.1. The van der Waals surface area contributed by atoms with Crippen LogP contribution < -0.4 is 4.74 Å². The second-order valence-electron chi connectivity index (χ2n) is 5.44. The summed E-state index contributed by atoms with van der Waals surface area (Å²) in [5.41, 5.74) is 4.60. The summed E-state index contributed by atoms with van der Waals surface area (Å²) in [5.74, 6) is 0.782. The molecule has 0 saturated heterocycles. The molecule has 2 rings (SSSR count). The molecule has 0 aromatic heterocycles. The number of ether oxygens (including phenoxy) is 1. The molecule has 0 saturated carbocycles. The van der Waals surface area contributed by atoms with Crippen molar-refractivity contribution in [1.82, 2.24) is 0 Å². The summed E-state index contributed by atoms with van der Waals surface area (Å²) in [4.78, 5) is 0. The second-order valence-corrected chi connectivity index (χ2v) is 5.44. The largest absolute Gasteiger partial charge is 0.493 e. The average molecular weight is 279 g/mol. The smallest absolute Gasteiger partial charge is 0.122 e. The van der Waals surface area contributed by atoms with Gasteiger partial charge >= 0.3 is 0 Å². The zero-order chi connectivity index (χ0) is 15.2. The van der Waals surface area contributed by atoms with Gasteiger partial charge in [-0.25, -0.2) is 0 Å². The predicted octanol–water partition coefficient (Wildman–Crippen LogP) is 4.69. The topological polar surface area (TPSA) is 33.0 Å². The normalized spacial score (nSPS) is 11.7. The van der Waals surface area contributed by atoms with E-state index in [1.165, 1.54) is 11.1 Å². The van der Waals surface area contributed by atoms with Gasteiger partial charge in [-0.15, -0.1) is 0 Å². The van der Waals surface area contributed by atoms with Crippen molar-refractivity contribution in [3.63, 3.8) is 0 Å². The standard InChI is InChI=1S/C19H21NO/c1-14-8-9-15(2)18(12-14)17(13-20)10-11-21-19-7-5-4-6-16(19)3/h4-9,12,17H,10-11H2,1-3H3. The van der Waals surface area contributed by atoms with Crippen molar-refractivity contribution in [3.05, 3.63) is 64.7 Å². The van der Waals surface area contributed by atoms with Crippen LogP contribution in [0.2, 0.25) is 0 Å². The van der Waals surface area contributed by atoms with Crippen LogP contribution in [-0.4, -0.2) is 6.61 Å². The quantitative estimate of drug-likeness (QED) is 0.795. The monoisotopic (exact) mass is 279 g/mol. The maximum Gasteiger partial charge on any atom is 0.122 e. The van der Waals surface area contributed by atoms with E-state index in [-0.39, 0.29) is 5.92 Å². The van der Waals surface area contributed by atoms with Gasteiger partial charge in [0, 0.05) is 6.42 Å². The average Bonchev–Trinajstić information content (AvgIpc) is 2.48. The molecule has 0 N–H and O–H groups in total. The van der Waals surface area contributed by atoms with E-state index in [0.717, 1.165) is 16.9 Å². The lowest BCUT2D eigenvalue weighted by Crippen LogP contribution is -2.06. The first-order valence-corrected chi connectivity index (χ1v) is 7.27. The zero-order valence-corrected chi connectivity index (χ0v) is 12.9. The molecule has 0 aliphatic rings. The Kier molecular flexibility index (Phi) is 5.00. The lowest BCUT2D eigenvalue weighted by atomic mass is 9.92. The molecule has 1 atom stereocenters. The number of nitriles is 1. The fraction of sp³-hybridized carbons (Fsp3) is 0.316. The number of hydrogen-bond acceptors (Lipinski definition) is 2. The number of para-hydroxylation sites is 1. The van der Waals surface area contributed by atoms with Gasteiger partial charge in [0.05, 0.1) is 18.6 Å². The highest BCUT2D eigenvalue weighted by Gasteiger charge is 2.13. The maximum absolute atomic E-state index is 9.44. The van der Waals surface area contributed by atoms with Crippen molar-refractivity contribution in [3.8, 4) is 11.8 Å². The van der Waals surface area contributed by atoms with Gasteiger partial charge < -0.3 is 4.74 Å². The van der Waals surface area contributed by atoms with Crippen LogP contribution in [0, 0.1) is 32.1 Å². The minimum absolute atomic E-state index is 0.117. The maximum atomic E-state index is 9.44. The van der Waals surface area contributed by atoms with Crippen LogP contribution >= 0.6 is 0 Å². The molecule has 108 valence electrons. The van der Waals surface area contributed by atoms with E-state index in [0.29, 0.717) is 13.0 Å². The number of nitrogens with zero attached hydrogens (tertiary/aromatic N) is 1. The first-order valence-electron chi connectivity index (χ1n) is 7.27. The Morgan fingerprint density at radius 2 is 1.81 bits per heavy atom. The van der Waals surface area contributed by atoms with E-state index < -0.39 is 0 Å². The Labute approximate surface area is 127 Å². The highest BCUT2D eigenvalue weighted by atomic mass is 16.5. The summed E-state index contributed by atoms with van der Waals surface area (Å²) in [6.45, 7) is 6.70. The highest BCUT2D eigenvalue weighted by Crippen LogP contribution is 2.24. The van der Waals surface area contributed by atoms with Gasteiger partial charge in [0.25, 0.3) is 0 Å². The Hall–Kier alpha value is -2.27. The highest BCUT2D eigenvalue weighted by molar-refractivity contribution is 5.36. The molecule has 21 heavy (non-hydrogen) atoms. The Bertz CT molecular complexity index is 655. The third-order valence-corrected chi connectivity index (χ3v) is 3.72. The first-order chi connectivity index (χ1) is 10.1. The summed E-state index contributed by atoms with van der Waals surface area (Å²) in [6.07, 6.45) is 0.703. The summed E-state index contributed by atoms with van der Waals surface area (Å²) in [7, 11) is 0. The molecule has 0 heterocycles. The molecule has 2 aromatic carbocycles. The Morgan fingerprint density at radius 3 is 2.52 bits per heavy atom. The van der Waals surface area contributed by atoms with Crippen molar-refractivity contribution in [2.45, 2.75) is 33.1 Å². The minimum atomic E-state index is -0.117. The van der Waals surface area contributed by atoms with E-state index in [1.54, 1.807) is 0 Å². The number of benzene rings is 2. The van der Waals surface area contributed by atoms with E-state index in [1.807, 2.05) is 31.2 Å². The van der Waals surface area contributed by atoms with Crippen LogP contribution in [0.5, 0.6) is 5.75 Å². The van der Waals surface area contributed by atoms with Gasteiger partial charge in [0.2, 0.25) is 0 Å². The predicted molar refractivity (Wildman–Crippen MR) is 85.6 cm³/mol. The molecule has 0 radical (unpaired) electrons. The summed E-state index contributed by atoms with van der Waals surface area (Å²) >= 11 is 0. The molecule has 0 bridgehead atoms. The van der Waals surface area contributed by atoms with Crippen molar-refractivity contribution in [2.24, 2.45) is 0 Å². The fourth-order valence-electron chi connectivity index (χ4n) is 2.43. The number of hydrogen-bond donors (Lipinski definition) is 0. The van der Waals surface area contributed by atoms with Crippen LogP contribution in [-0.2, 0) is 0 Å². The Balaban J connectivity index is 2.02. The fourth-order valence-corrected chi connectivity index (χ4v) is 2.43. The zero-order valence-electron chi connectivity index (χ0n) is 12.9. The molecular formula is C19H21NO. The molecule has 2 aromatic rings. The van der Waals surface area contributed by atoms with Crippen molar-refractivity contribution >= 4 is 0 Å². The molecule has 1 unspecified atom stereocenters. The SMILES string of the molecule is Cc1ccc(C)c(C(C#N)CCOc2ccccc2C)c1. The van der Waals surface area contributed by atoms with Crippen molar-refractivity contribution in [1.29, 1.82) is 5.26 Å². The molecule has 0 fully saturated rings. The van der Waals surface area contributed by atoms with E-state index in [4.69, 9.17) is 4.74 Å². The molecular weight excluding hydrogens is 258 g/mol. The summed E-state index contributed by atoms with van der Waals surface area (Å²) in [6, 6.07) is 16.6. The number of aryl methyl sites for hydroxylation is 3. The molecule has 0 spiro atoms. The van der Waals surface area contributed by atoms with E-state index in [2.05, 4.69) is 38.1 Å². The lowest BCUT2D eigenvalue weighted by molar-refractivity contribution is 0.304. The molecule has 0 amide bonds. The van der Waals surface area contributed by atoms with Crippen LogP contribution in [0.1, 0.15) is 34.6 Å². The van der Waals surface area contributed by atoms with Gasteiger partial charge in [-0.3, -0.25) is 0 Å². The lowest BCUT2D eigenvalue weighted by Gasteiger charge is -2.14. The van der Waals surface area contributed by atoms with Crippen molar-refractivity contribution < 1.29 is 4.74 Å². The second kappa shape index (κ2) is 6.95. The van der Waals surface area contributed by atoms with Crippen LogP contribution in [0.15, 0.2) is 42.5 Å². The van der Waals surface area contributed by atoms with Gasteiger partial charge in [-0.2, -0.15) is 5.26 Å². The molecule has 2 heteroatoms. The van der Waals surface area contributed by atoms with Crippen LogP contribution in [0.25, 0.3) is 0 Å². The third-order valence-electron chi connectivity index (χ3n) is 3.72. The molecule has 0 aliphatic heterocycles. The Morgan fingerprint density at radius 1 is 1.05 bits per heavy atom. The third kappa shape index (κ3) is 3.86. The van der Waals surface area contributed by atoms with E-state index >= 15 is 0 Å². The summed E-state index contributed by atoms with van der Waals surface area (Å²) in [5, 5.41) is 9.44. The summed E-state index contributed by atoms with van der Waals surface area (Å²) < 4.78 is 5.81. The van der Waals surface area contributed by atoms with Crippen LogP contribution in [0.4, 0.5) is 0 Å². The van der Waals surface area contributed by atoms with Gasteiger partial charge in [0.15, 0.2) is 0 Å². The molecule has 2 nitrogen and oxygen atoms in total. The number of rotatable bonds is 5. The van der Waals surface area contributed by atoms with Crippen molar-refractivity contribution in [2.75, 3.05) is 6.61 Å². The minimum Gasteiger partial charge on any atom is -0.493 e. The van der Waals surface area contributed by atoms with Gasteiger partial charge in [-0.05, 0) is 43.5 Å². The molecule has 0 aliphatic carbocycles. The van der Waals surface area contributed by atoms with Gasteiger partial charge in [-0.1, -0.05) is 42.0 Å². The van der Waals surface area contributed by atoms with E-state index in [9.17, 15) is 5.26 Å². The van der Waals surface area contributed by atoms with Gasteiger partial charge in [0.1, 0.15) is 5.75 Å².